The summed E-state index contributed by atoms with van der Waals surface area (Å²) in [5, 5.41) is 4.96. The molecule has 3 rings (SSSR count). The van der Waals surface area contributed by atoms with Crippen molar-refractivity contribution in [1.29, 1.82) is 0 Å². The summed E-state index contributed by atoms with van der Waals surface area (Å²) in [6.45, 7) is 3.74. The smallest absolute Gasteiger partial charge is 0.258 e. The molecule has 0 amide bonds. The number of hydrogen-bond donors (Lipinski definition) is 2. The highest BCUT2D eigenvalue weighted by Gasteiger charge is 2.30. The molecule has 0 bridgehead atoms. The quantitative estimate of drug-likeness (QED) is 0.908. The van der Waals surface area contributed by atoms with E-state index in [2.05, 4.69) is 17.2 Å². The number of hydrogen-bond acceptors (Lipinski definition) is 3. The van der Waals surface area contributed by atoms with Crippen LogP contribution >= 0.6 is 11.6 Å². The molecule has 114 valence electrons. The molecular formula is C14H18ClN3O2S. The van der Waals surface area contributed by atoms with Crippen molar-refractivity contribution < 1.29 is 8.42 Å². The molecule has 0 spiro atoms. The third-order valence-electron chi connectivity index (χ3n) is 3.89. The predicted octanol–water partition coefficient (Wildman–Crippen LogP) is 2.19. The van der Waals surface area contributed by atoms with Gasteiger partial charge in [0.05, 0.1) is 0 Å². The lowest BCUT2D eigenvalue weighted by Gasteiger charge is -2.31. The number of sulfonamides is 1. The van der Waals surface area contributed by atoms with Crippen molar-refractivity contribution in [2.24, 2.45) is 0 Å². The van der Waals surface area contributed by atoms with Gasteiger partial charge < -0.3 is 10.3 Å². The maximum atomic E-state index is 12.7. The van der Waals surface area contributed by atoms with E-state index in [0.717, 1.165) is 17.3 Å². The lowest BCUT2D eigenvalue weighted by atomic mass is 10.2. The Hall–Kier alpha value is -1.08. The van der Waals surface area contributed by atoms with E-state index in [1.54, 1.807) is 28.6 Å². The van der Waals surface area contributed by atoms with Crippen LogP contribution in [-0.2, 0) is 10.0 Å². The Bertz CT molecular complexity index is 757. The van der Waals surface area contributed by atoms with Crippen molar-refractivity contribution in [1.82, 2.24) is 14.6 Å². The van der Waals surface area contributed by atoms with Gasteiger partial charge in [-0.25, -0.2) is 8.42 Å². The van der Waals surface area contributed by atoms with Crippen molar-refractivity contribution in [3.05, 3.63) is 29.3 Å². The van der Waals surface area contributed by atoms with E-state index in [9.17, 15) is 8.42 Å². The first kappa shape index (κ1) is 14.8. The number of nitrogens with one attached hydrogen (secondary N) is 2. The molecule has 1 saturated heterocycles. The molecule has 7 heteroatoms. The van der Waals surface area contributed by atoms with E-state index in [-0.39, 0.29) is 11.1 Å². The first-order chi connectivity index (χ1) is 10.0. The molecule has 2 heterocycles. The first-order valence-corrected chi connectivity index (χ1v) is 8.84. The van der Waals surface area contributed by atoms with Gasteiger partial charge in [-0.05, 0) is 30.7 Å². The van der Waals surface area contributed by atoms with Crippen LogP contribution in [0.1, 0.15) is 13.3 Å². The van der Waals surface area contributed by atoms with Crippen molar-refractivity contribution in [2.75, 3.05) is 19.6 Å². The highest BCUT2D eigenvalue weighted by atomic mass is 35.5. The monoisotopic (exact) mass is 327 g/mol. The van der Waals surface area contributed by atoms with Gasteiger partial charge in [0.15, 0.2) is 0 Å². The Morgan fingerprint density at radius 3 is 2.95 bits per heavy atom. The van der Waals surface area contributed by atoms with Gasteiger partial charge in [-0.15, -0.1) is 0 Å². The Morgan fingerprint density at radius 1 is 1.38 bits per heavy atom. The van der Waals surface area contributed by atoms with Crippen LogP contribution in [0.3, 0.4) is 0 Å². The van der Waals surface area contributed by atoms with Crippen molar-refractivity contribution in [3.8, 4) is 0 Å². The maximum absolute atomic E-state index is 12.7. The Labute approximate surface area is 129 Å². The summed E-state index contributed by atoms with van der Waals surface area (Å²) in [5.74, 6) is 0. The van der Waals surface area contributed by atoms with Gasteiger partial charge in [0.1, 0.15) is 5.03 Å². The first-order valence-electron chi connectivity index (χ1n) is 7.02. The number of aromatic amines is 1. The summed E-state index contributed by atoms with van der Waals surface area (Å²) in [4.78, 5) is 2.98. The molecule has 1 unspecified atom stereocenters. The molecule has 0 saturated carbocycles. The molecule has 1 aliphatic rings. The summed E-state index contributed by atoms with van der Waals surface area (Å²) < 4.78 is 27.0. The van der Waals surface area contributed by atoms with Crippen LogP contribution < -0.4 is 5.32 Å². The van der Waals surface area contributed by atoms with E-state index in [4.69, 9.17) is 11.6 Å². The zero-order valence-corrected chi connectivity index (χ0v) is 13.3. The van der Waals surface area contributed by atoms with Crippen molar-refractivity contribution in [3.63, 3.8) is 0 Å². The topological polar surface area (TPSA) is 65.2 Å². The zero-order valence-electron chi connectivity index (χ0n) is 11.8. The molecule has 1 fully saturated rings. The third kappa shape index (κ3) is 2.81. The third-order valence-corrected chi connectivity index (χ3v) is 5.91. The molecule has 0 aliphatic carbocycles. The summed E-state index contributed by atoms with van der Waals surface area (Å²) in [6.07, 6.45) is 0.911. The van der Waals surface area contributed by atoms with E-state index in [0.29, 0.717) is 24.7 Å². The van der Waals surface area contributed by atoms with Crippen molar-refractivity contribution in [2.45, 2.75) is 24.4 Å². The minimum Gasteiger partial charge on any atom is -0.345 e. The van der Waals surface area contributed by atoms with Crippen LogP contribution in [-0.4, -0.2) is 43.4 Å². The number of aromatic nitrogens is 1. The normalized spacial score (nSPS) is 21.0. The molecule has 0 radical (unpaired) electrons. The van der Waals surface area contributed by atoms with Crippen LogP contribution in [0.2, 0.25) is 5.02 Å². The minimum atomic E-state index is -3.49. The number of piperazine rings is 1. The second-order valence-corrected chi connectivity index (χ2v) is 7.63. The molecule has 1 aromatic carbocycles. The second kappa shape index (κ2) is 5.61. The van der Waals surface area contributed by atoms with Gasteiger partial charge in [-0.2, -0.15) is 4.31 Å². The van der Waals surface area contributed by atoms with E-state index >= 15 is 0 Å². The van der Waals surface area contributed by atoms with Gasteiger partial charge in [-0.3, -0.25) is 0 Å². The fourth-order valence-corrected chi connectivity index (χ4v) is 4.32. The number of H-pyrrole nitrogens is 1. The van der Waals surface area contributed by atoms with Crippen LogP contribution in [0.25, 0.3) is 10.9 Å². The number of benzene rings is 1. The van der Waals surface area contributed by atoms with Crippen molar-refractivity contribution >= 4 is 32.5 Å². The average Bonchev–Trinajstić information content (AvgIpc) is 2.91. The van der Waals surface area contributed by atoms with E-state index in [1.165, 1.54) is 0 Å². The van der Waals surface area contributed by atoms with Gasteiger partial charge in [-0.1, -0.05) is 18.5 Å². The minimum absolute atomic E-state index is 0.215. The molecule has 5 nitrogen and oxygen atoms in total. The van der Waals surface area contributed by atoms with Crippen LogP contribution in [0, 0.1) is 0 Å². The predicted molar refractivity (Wildman–Crippen MR) is 84.1 cm³/mol. The molecule has 2 N–H and O–H groups in total. The molecular weight excluding hydrogens is 310 g/mol. The highest BCUT2D eigenvalue weighted by Crippen LogP contribution is 2.24. The number of rotatable bonds is 3. The lowest BCUT2D eigenvalue weighted by Crippen LogP contribution is -2.52. The second-order valence-electron chi connectivity index (χ2n) is 5.29. The summed E-state index contributed by atoms with van der Waals surface area (Å²) >= 11 is 5.95. The van der Waals surface area contributed by atoms with E-state index < -0.39 is 10.0 Å². The Morgan fingerprint density at radius 2 is 2.19 bits per heavy atom. The summed E-state index contributed by atoms with van der Waals surface area (Å²) in [7, 11) is -3.49. The zero-order chi connectivity index (χ0) is 15.0. The average molecular weight is 328 g/mol. The Balaban J connectivity index is 1.95. The van der Waals surface area contributed by atoms with Gasteiger partial charge in [0, 0.05) is 41.6 Å². The van der Waals surface area contributed by atoms with Crippen LogP contribution in [0.4, 0.5) is 0 Å². The summed E-state index contributed by atoms with van der Waals surface area (Å²) in [6, 6.07) is 7.17. The van der Waals surface area contributed by atoms with Gasteiger partial charge in [0.2, 0.25) is 0 Å². The number of fused-ring (bicyclic) bond motifs is 1. The van der Waals surface area contributed by atoms with Crippen LogP contribution in [0.15, 0.2) is 29.3 Å². The highest BCUT2D eigenvalue weighted by molar-refractivity contribution is 7.89. The molecule has 1 aromatic heterocycles. The molecule has 2 aromatic rings. The maximum Gasteiger partial charge on any atom is 0.258 e. The SMILES string of the molecule is CCC1CN(S(=O)(=O)c2cc3cc(Cl)ccc3[nH]2)CCN1. The molecule has 1 aliphatic heterocycles. The fraction of sp³-hybridized carbons (Fsp3) is 0.429. The van der Waals surface area contributed by atoms with Gasteiger partial charge >= 0.3 is 0 Å². The standard InChI is InChI=1S/C14H18ClN3O2S/c1-2-12-9-18(6-5-16-12)21(19,20)14-8-10-7-11(15)3-4-13(10)17-14/h3-4,7-8,12,16-17H,2,5-6,9H2,1H3. The lowest BCUT2D eigenvalue weighted by molar-refractivity contribution is 0.293. The molecule has 1 atom stereocenters. The number of nitrogens with zero attached hydrogens (tertiary/aromatic N) is 1. The van der Waals surface area contributed by atoms with Crippen LogP contribution in [0.5, 0.6) is 0 Å². The van der Waals surface area contributed by atoms with E-state index in [1.807, 2.05) is 0 Å². The van der Waals surface area contributed by atoms with Gasteiger partial charge in [0.25, 0.3) is 10.0 Å². The summed E-state index contributed by atoms with van der Waals surface area (Å²) in [5.41, 5.74) is 0.778. The Kier molecular flexibility index (Phi) is 3.96. The molecule has 21 heavy (non-hydrogen) atoms. The largest absolute Gasteiger partial charge is 0.345 e. The fourth-order valence-electron chi connectivity index (χ4n) is 2.64. The number of halogens is 1.